The lowest BCUT2D eigenvalue weighted by atomic mass is 9.96. The summed E-state index contributed by atoms with van der Waals surface area (Å²) < 4.78 is 4.77. The Kier molecular flexibility index (Phi) is 9.35. The summed E-state index contributed by atoms with van der Waals surface area (Å²) >= 11 is 0. The number of esters is 1. The van der Waals surface area contributed by atoms with Gasteiger partial charge in [0.25, 0.3) is 0 Å². The largest absolute Gasteiger partial charge is 0.481 e. The van der Waals surface area contributed by atoms with Gasteiger partial charge in [0.15, 0.2) is 5.60 Å². The Balaban J connectivity index is 4.06. The highest BCUT2D eigenvalue weighted by Crippen LogP contribution is 2.17. The Morgan fingerprint density at radius 3 is 2.23 bits per heavy atom. The van der Waals surface area contributed by atoms with Gasteiger partial charge in [0, 0.05) is 0 Å². The van der Waals surface area contributed by atoms with Crippen molar-refractivity contribution in [3.8, 4) is 0 Å². The molecule has 8 heteroatoms. The predicted octanol–water partition coefficient (Wildman–Crippen LogP) is 0.541. The number of carboxylic acids is 2. The summed E-state index contributed by atoms with van der Waals surface area (Å²) in [5.41, 5.74) is -2.67. The van der Waals surface area contributed by atoms with Crippen LogP contribution in [-0.2, 0) is 19.1 Å². The van der Waals surface area contributed by atoms with E-state index in [9.17, 15) is 24.6 Å². The number of rotatable bonds is 12. The molecule has 128 valence electrons. The van der Waals surface area contributed by atoms with E-state index in [4.69, 9.17) is 14.9 Å². The number of unbranched alkanes of at least 4 members (excludes halogenated alkanes) is 1. The summed E-state index contributed by atoms with van der Waals surface area (Å²) in [6.07, 6.45) is 0.933. The number of hydrogen-bond acceptors (Lipinski definition) is 6. The van der Waals surface area contributed by atoms with Crippen LogP contribution in [0.25, 0.3) is 0 Å². The van der Waals surface area contributed by atoms with Crippen LogP contribution in [0.15, 0.2) is 0 Å². The zero-order valence-corrected chi connectivity index (χ0v) is 12.7. The lowest BCUT2D eigenvalue weighted by Crippen LogP contribution is -2.43. The zero-order valence-electron chi connectivity index (χ0n) is 12.7. The van der Waals surface area contributed by atoms with E-state index in [0.29, 0.717) is 25.7 Å². The van der Waals surface area contributed by atoms with E-state index in [0.717, 1.165) is 6.42 Å². The Bertz CT molecular complexity index is 381. The van der Waals surface area contributed by atoms with Gasteiger partial charge in [0.2, 0.25) is 0 Å². The van der Waals surface area contributed by atoms with Crippen LogP contribution in [0.4, 0.5) is 0 Å². The van der Waals surface area contributed by atoms with Gasteiger partial charge in [-0.3, -0.25) is 9.59 Å². The average molecular weight is 320 g/mol. The fraction of sp³-hybridized carbons (Fsp3) is 0.786. The second-order valence-electron chi connectivity index (χ2n) is 5.24. The van der Waals surface area contributed by atoms with Crippen LogP contribution >= 0.6 is 0 Å². The number of carboxylic acid groups (broad SMARTS) is 2. The number of aliphatic carboxylic acids is 2. The first kappa shape index (κ1) is 20.3. The van der Waals surface area contributed by atoms with E-state index < -0.39 is 36.4 Å². The molecular weight excluding hydrogens is 296 g/mol. The fourth-order valence-electron chi connectivity index (χ4n) is 1.90. The summed E-state index contributed by atoms with van der Waals surface area (Å²) in [4.78, 5) is 32.8. The maximum Gasteiger partial charge on any atom is 0.336 e. The van der Waals surface area contributed by atoms with E-state index in [1.807, 2.05) is 6.92 Å². The van der Waals surface area contributed by atoms with Crippen molar-refractivity contribution >= 4 is 17.9 Å². The van der Waals surface area contributed by atoms with Crippen LogP contribution in [0.1, 0.15) is 51.9 Å². The Labute approximate surface area is 128 Å². The van der Waals surface area contributed by atoms with E-state index in [-0.39, 0.29) is 12.7 Å². The third-order valence-electron chi connectivity index (χ3n) is 3.10. The molecule has 2 atom stereocenters. The number of ether oxygens (including phenoxy) is 1. The molecule has 0 spiro atoms. The molecule has 0 saturated carbocycles. The number of hydrogen-bond donors (Lipinski definition) is 4. The minimum atomic E-state index is -2.67. The number of aliphatic hydroxyl groups is 2. The smallest absolute Gasteiger partial charge is 0.336 e. The molecule has 0 amide bonds. The minimum Gasteiger partial charge on any atom is -0.481 e. The molecule has 0 aliphatic heterocycles. The molecule has 22 heavy (non-hydrogen) atoms. The maximum atomic E-state index is 11.5. The lowest BCUT2D eigenvalue weighted by Gasteiger charge is -2.20. The number of aliphatic hydroxyl groups excluding tert-OH is 1. The van der Waals surface area contributed by atoms with Gasteiger partial charge in [-0.25, -0.2) is 4.79 Å². The fourth-order valence-corrected chi connectivity index (χ4v) is 1.90. The van der Waals surface area contributed by atoms with Crippen molar-refractivity contribution in [1.29, 1.82) is 0 Å². The molecule has 0 heterocycles. The highest BCUT2D eigenvalue weighted by atomic mass is 16.5. The first-order valence-electron chi connectivity index (χ1n) is 7.22. The van der Waals surface area contributed by atoms with Crippen molar-refractivity contribution in [2.45, 2.75) is 63.6 Å². The van der Waals surface area contributed by atoms with Crippen molar-refractivity contribution in [3.63, 3.8) is 0 Å². The van der Waals surface area contributed by atoms with Crippen molar-refractivity contribution in [3.05, 3.63) is 0 Å². The summed E-state index contributed by atoms with van der Waals surface area (Å²) in [6, 6.07) is 0. The van der Waals surface area contributed by atoms with Gasteiger partial charge in [-0.15, -0.1) is 0 Å². The van der Waals surface area contributed by atoms with Crippen molar-refractivity contribution in [2.24, 2.45) is 0 Å². The summed E-state index contributed by atoms with van der Waals surface area (Å²) in [5.74, 6) is -4.28. The Hall–Kier alpha value is -1.67. The van der Waals surface area contributed by atoms with Gasteiger partial charge in [0.1, 0.15) is 0 Å². The van der Waals surface area contributed by atoms with Crippen LogP contribution in [0.3, 0.4) is 0 Å². The lowest BCUT2D eigenvalue weighted by molar-refractivity contribution is -0.172. The molecule has 0 radical (unpaired) electrons. The van der Waals surface area contributed by atoms with Crippen molar-refractivity contribution in [1.82, 2.24) is 0 Å². The van der Waals surface area contributed by atoms with Crippen LogP contribution in [0.2, 0.25) is 0 Å². The molecular formula is C14H24O8. The molecule has 4 N–H and O–H groups in total. The molecule has 0 aromatic rings. The summed E-state index contributed by atoms with van der Waals surface area (Å²) in [5, 5.41) is 36.5. The average Bonchev–Trinajstić information content (AvgIpc) is 2.37. The molecule has 8 nitrogen and oxygen atoms in total. The van der Waals surface area contributed by atoms with Crippen LogP contribution in [0, 0.1) is 0 Å². The molecule has 0 aromatic carbocycles. The van der Waals surface area contributed by atoms with Gasteiger partial charge < -0.3 is 25.2 Å². The summed E-state index contributed by atoms with van der Waals surface area (Å²) in [6.45, 7) is 1.99. The molecule has 0 bridgehead atoms. The van der Waals surface area contributed by atoms with Crippen molar-refractivity contribution in [2.75, 3.05) is 6.61 Å². The second-order valence-corrected chi connectivity index (χ2v) is 5.24. The Morgan fingerprint density at radius 1 is 1.09 bits per heavy atom. The first-order chi connectivity index (χ1) is 10.2. The zero-order chi connectivity index (χ0) is 17.2. The highest BCUT2D eigenvalue weighted by molar-refractivity contribution is 5.88. The molecule has 0 fully saturated rings. The number of carbonyl (C=O) groups is 3. The van der Waals surface area contributed by atoms with E-state index in [1.165, 1.54) is 0 Å². The predicted molar refractivity (Wildman–Crippen MR) is 75.2 cm³/mol. The van der Waals surface area contributed by atoms with Gasteiger partial charge in [-0.05, 0) is 25.7 Å². The molecule has 0 aliphatic rings. The number of carbonyl (C=O) groups excluding carboxylic acids is 1. The van der Waals surface area contributed by atoms with Crippen LogP contribution in [-0.4, -0.2) is 56.6 Å². The normalized spacial score (nSPS) is 14.9. The van der Waals surface area contributed by atoms with E-state index in [2.05, 4.69) is 0 Å². The SMILES string of the molecule is CCCC(O)CCCCOC(=O)CC(O)(CC(=O)O)C(=O)O. The monoisotopic (exact) mass is 320 g/mol. The minimum absolute atomic E-state index is 0.0282. The Morgan fingerprint density at radius 2 is 1.73 bits per heavy atom. The van der Waals surface area contributed by atoms with Gasteiger partial charge in [0.05, 0.1) is 25.6 Å². The van der Waals surface area contributed by atoms with E-state index >= 15 is 0 Å². The van der Waals surface area contributed by atoms with Gasteiger partial charge >= 0.3 is 17.9 Å². The molecule has 0 aliphatic carbocycles. The van der Waals surface area contributed by atoms with Crippen molar-refractivity contribution < 1.29 is 39.5 Å². The standard InChI is InChI=1S/C14H24O8/c1-2-5-10(15)6-3-4-7-22-12(18)9-14(21,13(19)20)8-11(16)17/h10,15,21H,2-9H2,1H3,(H,16,17)(H,19,20). The highest BCUT2D eigenvalue weighted by Gasteiger charge is 2.41. The third kappa shape index (κ3) is 8.58. The van der Waals surface area contributed by atoms with Crippen LogP contribution < -0.4 is 0 Å². The molecule has 0 aromatic heterocycles. The van der Waals surface area contributed by atoms with Gasteiger partial charge in [-0.1, -0.05) is 13.3 Å². The first-order valence-corrected chi connectivity index (χ1v) is 7.22. The second kappa shape index (κ2) is 10.1. The molecule has 0 rings (SSSR count). The summed E-state index contributed by atoms with van der Waals surface area (Å²) in [7, 11) is 0. The maximum absolute atomic E-state index is 11.5. The molecule has 2 unspecified atom stereocenters. The quantitative estimate of drug-likeness (QED) is 0.301. The van der Waals surface area contributed by atoms with Crippen LogP contribution in [0.5, 0.6) is 0 Å². The van der Waals surface area contributed by atoms with Gasteiger partial charge in [-0.2, -0.15) is 0 Å². The third-order valence-corrected chi connectivity index (χ3v) is 3.10. The topological polar surface area (TPSA) is 141 Å². The molecule has 0 saturated heterocycles. The van der Waals surface area contributed by atoms with E-state index in [1.54, 1.807) is 0 Å².